The number of rotatable bonds is 4. The summed E-state index contributed by atoms with van der Waals surface area (Å²) in [4.78, 5) is 15.2. The number of imidazole rings is 1. The molecule has 8 aromatic rings. The van der Waals surface area contributed by atoms with E-state index in [1.165, 1.54) is 27.8 Å². The van der Waals surface area contributed by atoms with E-state index >= 15 is 0 Å². The van der Waals surface area contributed by atoms with Gasteiger partial charge < -0.3 is 18.7 Å². The van der Waals surface area contributed by atoms with Crippen molar-refractivity contribution < 1.29 is 25.6 Å². The molecule has 0 radical (unpaired) electrons. The summed E-state index contributed by atoms with van der Waals surface area (Å²) >= 11 is 0. The smallest absolute Gasteiger partial charge is 0.241 e. The van der Waals surface area contributed by atoms with Gasteiger partial charge in [0.15, 0.2) is 0 Å². The van der Waals surface area contributed by atoms with Gasteiger partial charge in [-0.1, -0.05) is 81.2 Å². The Balaban J connectivity index is 0.00000348. The molecule has 1 aliphatic carbocycles. The summed E-state index contributed by atoms with van der Waals surface area (Å²) in [5.74, 6) is 0.804. The number of hydrogen-bond acceptors (Lipinski definition) is 3. The molecule has 0 atom stereocenters. The third-order valence-corrected chi connectivity index (χ3v) is 9.59. The molecule has 0 unspecified atom stereocenters. The maximum atomic E-state index is 5.67. The van der Waals surface area contributed by atoms with Gasteiger partial charge in [0, 0.05) is 45.2 Å². The summed E-state index contributed by atoms with van der Waals surface area (Å²) in [6.45, 7) is 6.78. The van der Waals surface area contributed by atoms with Crippen molar-refractivity contribution in [3.8, 4) is 22.6 Å². The Morgan fingerprint density at radius 2 is 1.53 bits per heavy atom. The fourth-order valence-electron chi connectivity index (χ4n) is 7.37. The van der Waals surface area contributed by atoms with Crippen LogP contribution in [0.1, 0.15) is 48.7 Å². The predicted octanol–water partition coefficient (Wildman–Crippen LogP) is 7.64. The van der Waals surface area contributed by atoms with Crippen molar-refractivity contribution in [2.75, 3.05) is 0 Å². The van der Waals surface area contributed by atoms with Crippen molar-refractivity contribution in [1.82, 2.24) is 24.1 Å². The first kappa shape index (κ1) is 31.1. The van der Waals surface area contributed by atoms with Crippen LogP contribution in [0, 0.1) is 18.5 Å². The van der Waals surface area contributed by atoms with Crippen molar-refractivity contribution in [1.29, 1.82) is 0 Å². The summed E-state index contributed by atoms with van der Waals surface area (Å²) < 4.78 is 6.07. The van der Waals surface area contributed by atoms with Crippen LogP contribution in [0.5, 0.6) is 0 Å². The molecular weight excluding hydrogens is 784 g/mol. The second-order valence-electron chi connectivity index (χ2n) is 13.5. The zero-order chi connectivity index (χ0) is 32.6. The maximum absolute atomic E-state index is 5.67. The average molecular weight is 816 g/mol. The largest absolute Gasteiger partial charge is 0.379 e. The zero-order valence-electron chi connectivity index (χ0n) is 27.5. The van der Waals surface area contributed by atoms with Crippen LogP contribution in [-0.4, -0.2) is 24.1 Å². The third-order valence-electron chi connectivity index (χ3n) is 9.59. The normalized spacial score (nSPS) is 13.3. The van der Waals surface area contributed by atoms with Crippen LogP contribution in [-0.2, 0) is 38.9 Å². The van der Waals surface area contributed by atoms with E-state index in [-0.39, 0.29) is 26.5 Å². The topological polar surface area (TPSA) is 52.4 Å². The summed E-state index contributed by atoms with van der Waals surface area (Å²) in [6, 6.07) is 41.6. The number of fused-ring (bicyclic) bond motifs is 6. The monoisotopic (exact) mass is 815 g/mol. The van der Waals surface area contributed by atoms with Gasteiger partial charge in [-0.05, 0) is 63.0 Å². The number of aromatic nitrogens is 6. The minimum Gasteiger partial charge on any atom is -0.379 e. The van der Waals surface area contributed by atoms with E-state index in [9.17, 15) is 0 Å². The Bertz CT molecular complexity index is 2440. The van der Waals surface area contributed by atoms with Crippen LogP contribution < -0.4 is 4.57 Å². The van der Waals surface area contributed by atoms with Crippen LogP contribution in [0.2, 0.25) is 0 Å². The van der Waals surface area contributed by atoms with Crippen LogP contribution >= 0.6 is 0 Å². The van der Waals surface area contributed by atoms with Crippen LogP contribution in [0.4, 0.5) is 0 Å². The molecule has 0 N–H and O–H groups in total. The molecule has 0 spiro atoms. The van der Waals surface area contributed by atoms with Crippen molar-refractivity contribution in [3.63, 3.8) is 0 Å². The Morgan fingerprint density at radius 1 is 0.796 bits per heavy atom. The van der Waals surface area contributed by atoms with Crippen molar-refractivity contribution in [3.05, 3.63) is 168 Å². The van der Waals surface area contributed by atoms with E-state index in [1.807, 2.05) is 46.9 Å². The summed E-state index contributed by atoms with van der Waals surface area (Å²) in [5.41, 5.74) is 11.3. The Labute approximate surface area is 300 Å². The van der Waals surface area contributed by atoms with Crippen LogP contribution in [0.3, 0.4) is 0 Å². The second kappa shape index (κ2) is 11.5. The van der Waals surface area contributed by atoms with Gasteiger partial charge in [0.05, 0.1) is 29.2 Å². The van der Waals surface area contributed by atoms with Gasteiger partial charge in [0.25, 0.3) is 0 Å². The standard InChI is InChI=1S/C42H32N6.Pt/c1-41(2,3)29-25-37(45-38(26-29)48-35-18-10-20-43-39(35)40-36(48)19-11-21-44-40)42(28-12-9-13-30(24-28)47-23-22-46(4)27-47)33-16-7-5-14-31(33)32-15-6-8-17-34(32)42;/h5-18,20-23,25-26H,1-4H3;/q-2;. The average Bonchev–Trinajstić information content (AvgIpc) is 3.79. The minimum atomic E-state index is -0.756. The molecule has 6 nitrogen and oxygen atoms in total. The van der Waals surface area contributed by atoms with Gasteiger partial charge in [-0.2, -0.15) is 36.4 Å². The molecule has 0 saturated carbocycles. The SMILES string of the molecule is C[n+]1[c-]n(-c2[c-]c(C3(c4cc(C(C)(C)C)cc(-n5c6[c-]ccnc6c6ncccc65)n4)c4ccccc4-c4ccccc43)ccc2)cc1.[Pt]. The molecular formula is C42H32N6Pt-2. The van der Waals surface area contributed by atoms with Crippen molar-refractivity contribution >= 4 is 22.1 Å². The van der Waals surface area contributed by atoms with Crippen molar-refractivity contribution in [2.45, 2.75) is 31.6 Å². The first-order valence-electron chi connectivity index (χ1n) is 16.2. The molecule has 3 aromatic carbocycles. The Hall–Kier alpha value is -5.19. The molecule has 0 saturated heterocycles. The van der Waals surface area contributed by atoms with Gasteiger partial charge in [0.1, 0.15) is 5.82 Å². The summed E-state index contributed by atoms with van der Waals surface area (Å²) in [6.07, 6.45) is 11.0. The van der Waals surface area contributed by atoms with E-state index in [1.54, 1.807) is 6.20 Å². The predicted molar refractivity (Wildman–Crippen MR) is 187 cm³/mol. The zero-order valence-corrected chi connectivity index (χ0v) is 29.8. The van der Waals surface area contributed by atoms with Gasteiger partial charge in [-0.25, -0.2) is 4.98 Å². The maximum Gasteiger partial charge on any atom is 0.241 e. The molecule has 7 heteroatoms. The second-order valence-corrected chi connectivity index (χ2v) is 13.5. The Kier molecular flexibility index (Phi) is 7.27. The fraction of sp³-hybridized carbons (Fsp3) is 0.143. The molecule has 242 valence electrons. The number of pyridine rings is 3. The van der Waals surface area contributed by atoms with Crippen molar-refractivity contribution in [2.24, 2.45) is 7.05 Å². The Morgan fingerprint density at radius 3 is 2.24 bits per heavy atom. The quantitative estimate of drug-likeness (QED) is 0.136. The number of nitrogens with zero attached hydrogens (tertiary/aromatic N) is 6. The van der Waals surface area contributed by atoms with Crippen LogP contribution in [0.25, 0.3) is 44.7 Å². The van der Waals surface area contributed by atoms with E-state index in [4.69, 9.17) is 15.0 Å². The minimum absolute atomic E-state index is 0. The van der Waals surface area contributed by atoms with Crippen LogP contribution in [0.15, 0.2) is 122 Å². The summed E-state index contributed by atoms with van der Waals surface area (Å²) in [7, 11) is 1.98. The molecule has 0 bridgehead atoms. The first-order chi connectivity index (χ1) is 23.3. The van der Waals surface area contributed by atoms with Gasteiger partial charge >= 0.3 is 0 Å². The van der Waals surface area contributed by atoms with Gasteiger partial charge in [-0.3, -0.25) is 4.98 Å². The molecule has 0 aliphatic heterocycles. The molecule has 5 heterocycles. The summed E-state index contributed by atoms with van der Waals surface area (Å²) in [5, 5.41) is 0. The fourth-order valence-corrected chi connectivity index (χ4v) is 7.37. The molecule has 0 fully saturated rings. The molecule has 49 heavy (non-hydrogen) atoms. The van der Waals surface area contributed by atoms with Gasteiger partial charge in [0.2, 0.25) is 6.33 Å². The van der Waals surface area contributed by atoms with E-state index in [0.717, 1.165) is 44.8 Å². The van der Waals surface area contributed by atoms with E-state index in [0.29, 0.717) is 0 Å². The molecule has 0 amide bonds. The van der Waals surface area contributed by atoms with Gasteiger partial charge in [-0.15, -0.1) is 5.56 Å². The molecule has 1 aliphatic rings. The number of benzene rings is 3. The van der Waals surface area contributed by atoms with E-state index in [2.05, 4.69) is 129 Å². The molecule has 9 rings (SSSR count). The first-order valence-corrected chi connectivity index (χ1v) is 16.2. The third kappa shape index (κ3) is 4.65. The van der Waals surface area contributed by atoms with E-state index < -0.39 is 5.41 Å². The number of hydrogen-bond donors (Lipinski definition) is 0. The number of aryl methyl sites for hydroxylation is 1. The molecule has 5 aromatic heterocycles.